The average molecular weight is 140 g/mol. The third kappa shape index (κ3) is 1.84. The zero-order valence-electron chi connectivity index (χ0n) is 7.02. The van der Waals surface area contributed by atoms with Gasteiger partial charge in [0.2, 0.25) is 0 Å². The highest BCUT2D eigenvalue weighted by molar-refractivity contribution is 5.09. The van der Waals surface area contributed by atoms with E-state index in [2.05, 4.69) is 20.8 Å². The zero-order valence-corrected chi connectivity index (χ0v) is 7.02. The molecule has 0 radical (unpaired) electrons. The molecule has 1 atom stereocenters. The Morgan fingerprint density at radius 3 is 2.60 bits per heavy atom. The van der Waals surface area contributed by atoms with E-state index in [-0.39, 0.29) is 6.10 Å². The summed E-state index contributed by atoms with van der Waals surface area (Å²) in [5.41, 5.74) is 1.63. The molecule has 0 unspecified atom stereocenters. The van der Waals surface area contributed by atoms with E-state index in [1.807, 2.05) is 6.08 Å². The first-order valence-corrected chi connectivity index (χ1v) is 3.85. The lowest BCUT2D eigenvalue weighted by atomic mass is 9.77. The summed E-state index contributed by atoms with van der Waals surface area (Å²) in [6, 6.07) is 0. The van der Waals surface area contributed by atoms with Crippen molar-refractivity contribution in [1.29, 1.82) is 0 Å². The van der Waals surface area contributed by atoms with Gasteiger partial charge in [0.05, 0.1) is 6.10 Å². The maximum Gasteiger partial charge on any atom is 0.0728 e. The van der Waals surface area contributed by atoms with Gasteiger partial charge in [0.15, 0.2) is 0 Å². The van der Waals surface area contributed by atoms with Crippen molar-refractivity contribution < 1.29 is 5.11 Å². The lowest BCUT2D eigenvalue weighted by Gasteiger charge is -2.31. The van der Waals surface area contributed by atoms with E-state index >= 15 is 0 Å². The second-order valence-electron chi connectivity index (χ2n) is 4.13. The fourth-order valence-electron chi connectivity index (χ4n) is 1.84. The Morgan fingerprint density at radius 2 is 2.20 bits per heavy atom. The van der Waals surface area contributed by atoms with E-state index in [9.17, 15) is 5.11 Å². The third-order valence-corrected chi connectivity index (χ3v) is 2.00. The van der Waals surface area contributed by atoms with Gasteiger partial charge in [-0.15, -0.1) is 0 Å². The first kappa shape index (κ1) is 7.80. The van der Waals surface area contributed by atoms with E-state index in [4.69, 9.17) is 0 Å². The van der Waals surface area contributed by atoms with Crippen molar-refractivity contribution in [3.05, 3.63) is 11.6 Å². The Labute approximate surface area is 62.8 Å². The van der Waals surface area contributed by atoms with Crippen LogP contribution in [0.15, 0.2) is 11.6 Å². The maximum atomic E-state index is 9.34. The van der Waals surface area contributed by atoms with Gasteiger partial charge in [-0.2, -0.15) is 0 Å². The van der Waals surface area contributed by atoms with Gasteiger partial charge in [-0.25, -0.2) is 0 Å². The molecule has 0 amide bonds. The number of aliphatic hydroxyl groups is 1. The molecule has 0 spiro atoms. The van der Waals surface area contributed by atoms with Gasteiger partial charge < -0.3 is 5.11 Å². The Balaban J connectivity index is 2.70. The third-order valence-electron chi connectivity index (χ3n) is 2.00. The van der Waals surface area contributed by atoms with Crippen LogP contribution in [0.3, 0.4) is 0 Å². The highest BCUT2D eigenvalue weighted by Crippen LogP contribution is 2.34. The fraction of sp³-hybridized carbons (Fsp3) is 0.778. The van der Waals surface area contributed by atoms with Gasteiger partial charge in [0.25, 0.3) is 0 Å². The van der Waals surface area contributed by atoms with Crippen molar-refractivity contribution in [1.82, 2.24) is 0 Å². The van der Waals surface area contributed by atoms with Crippen molar-refractivity contribution in [3.63, 3.8) is 0 Å². The van der Waals surface area contributed by atoms with Crippen molar-refractivity contribution in [2.75, 3.05) is 0 Å². The minimum absolute atomic E-state index is 0.205. The number of aliphatic hydroxyl groups excluding tert-OH is 1. The van der Waals surface area contributed by atoms with Gasteiger partial charge in [-0.3, -0.25) is 0 Å². The van der Waals surface area contributed by atoms with E-state index in [0.29, 0.717) is 5.41 Å². The second-order valence-corrected chi connectivity index (χ2v) is 4.13. The standard InChI is InChI=1S/C9H16O/c1-7-4-8(10)6-9(2,3)5-7/h4,8,10H,5-6H2,1-3H3/t8-/m1/s1. The summed E-state index contributed by atoms with van der Waals surface area (Å²) in [6.07, 6.45) is 3.79. The number of allylic oxidation sites excluding steroid dienone is 1. The summed E-state index contributed by atoms with van der Waals surface area (Å²) >= 11 is 0. The first-order chi connectivity index (χ1) is 4.49. The van der Waals surface area contributed by atoms with Crippen LogP contribution in [0.5, 0.6) is 0 Å². The molecule has 0 heterocycles. The molecule has 0 aromatic rings. The molecule has 0 fully saturated rings. The normalized spacial score (nSPS) is 31.6. The molecule has 0 aliphatic heterocycles. The topological polar surface area (TPSA) is 20.2 Å². The Bertz CT molecular complexity index is 156. The van der Waals surface area contributed by atoms with Crippen molar-refractivity contribution in [2.45, 2.75) is 39.7 Å². The molecule has 1 aliphatic rings. The molecule has 1 aliphatic carbocycles. The highest BCUT2D eigenvalue weighted by Gasteiger charge is 2.25. The van der Waals surface area contributed by atoms with Crippen LogP contribution in [0.2, 0.25) is 0 Å². The molecule has 0 bridgehead atoms. The minimum Gasteiger partial charge on any atom is -0.389 e. The van der Waals surface area contributed by atoms with Crippen molar-refractivity contribution in [3.8, 4) is 0 Å². The average Bonchev–Trinajstić information content (AvgIpc) is 1.54. The van der Waals surface area contributed by atoms with Gasteiger partial charge >= 0.3 is 0 Å². The SMILES string of the molecule is CC1=C[C@@H](O)CC(C)(C)C1. The monoisotopic (exact) mass is 140 g/mol. The van der Waals surface area contributed by atoms with Gasteiger partial charge in [0.1, 0.15) is 0 Å². The summed E-state index contributed by atoms with van der Waals surface area (Å²) in [5, 5.41) is 9.34. The quantitative estimate of drug-likeness (QED) is 0.511. The molecular formula is C9H16O. The van der Waals surface area contributed by atoms with Crippen LogP contribution in [0, 0.1) is 5.41 Å². The van der Waals surface area contributed by atoms with E-state index in [1.54, 1.807) is 0 Å². The van der Waals surface area contributed by atoms with Crippen LogP contribution in [0.1, 0.15) is 33.6 Å². The molecule has 1 N–H and O–H groups in total. The van der Waals surface area contributed by atoms with E-state index in [1.165, 1.54) is 5.57 Å². The van der Waals surface area contributed by atoms with Crippen LogP contribution >= 0.6 is 0 Å². The molecular weight excluding hydrogens is 124 g/mol. The summed E-state index contributed by atoms with van der Waals surface area (Å²) in [6.45, 7) is 6.49. The van der Waals surface area contributed by atoms with Gasteiger partial charge in [-0.1, -0.05) is 25.5 Å². The fourth-order valence-corrected chi connectivity index (χ4v) is 1.84. The molecule has 0 saturated carbocycles. The maximum absolute atomic E-state index is 9.34. The number of hydrogen-bond donors (Lipinski definition) is 1. The molecule has 0 aromatic carbocycles. The number of rotatable bonds is 0. The molecule has 10 heavy (non-hydrogen) atoms. The smallest absolute Gasteiger partial charge is 0.0728 e. The Hall–Kier alpha value is -0.300. The summed E-state index contributed by atoms with van der Waals surface area (Å²) in [7, 11) is 0. The molecule has 1 rings (SSSR count). The molecule has 1 heteroatoms. The van der Waals surface area contributed by atoms with Crippen LogP contribution in [0.4, 0.5) is 0 Å². The zero-order chi connectivity index (χ0) is 7.78. The van der Waals surface area contributed by atoms with Crippen LogP contribution < -0.4 is 0 Å². The van der Waals surface area contributed by atoms with Crippen LogP contribution in [-0.4, -0.2) is 11.2 Å². The largest absolute Gasteiger partial charge is 0.389 e. The van der Waals surface area contributed by atoms with Gasteiger partial charge in [0, 0.05) is 0 Å². The first-order valence-electron chi connectivity index (χ1n) is 3.85. The lowest BCUT2D eigenvalue weighted by Crippen LogP contribution is -2.24. The van der Waals surface area contributed by atoms with E-state index in [0.717, 1.165) is 12.8 Å². The van der Waals surface area contributed by atoms with Crippen LogP contribution in [-0.2, 0) is 0 Å². The lowest BCUT2D eigenvalue weighted by molar-refractivity contribution is 0.139. The van der Waals surface area contributed by atoms with Crippen molar-refractivity contribution >= 4 is 0 Å². The number of hydrogen-bond acceptors (Lipinski definition) is 1. The molecule has 0 saturated heterocycles. The Morgan fingerprint density at radius 1 is 1.60 bits per heavy atom. The molecule has 1 nitrogen and oxygen atoms in total. The predicted molar refractivity (Wildman–Crippen MR) is 42.8 cm³/mol. The molecule has 58 valence electrons. The minimum atomic E-state index is -0.205. The van der Waals surface area contributed by atoms with E-state index < -0.39 is 0 Å². The van der Waals surface area contributed by atoms with Gasteiger partial charge in [-0.05, 0) is 25.2 Å². The highest BCUT2D eigenvalue weighted by atomic mass is 16.3. The summed E-state index contributed by atoms with van der Waals surface area (Å²) in [5.74, 6) is 0. The second kappa shape index (κ2) is 2.39. The Kier molecular flexibility index (Phi) is 1.86. The predicted octanol–water partition coefficient (Wildman–Crippen LogP) is 2.11. The van der Waals surface area contributed by atoms with Crippen LogP contribution in [0.25, 0.3) is 0 Å². The summed E-state index contributed by atoms with van der Waals surface area (Å²) < 4.78 is 0. The van der Waals surface area contributed by atoms with Crippen molar-refractivity contribution in [2.24, 2.45) is 5.41 Å². The summed E-state index contributed by atoms with van der Waals surface area (Å²) in [4.78, 5) is 0. The molecule has 0 aromatic heterocycles.